The minimum absolute atomic E-state index is 0.0718. The molecule has 0 radical (unpaired) electrons. The van der Waals surface area contributed by atoms with Crippen LogP contribution in [0.1, 0.15) is 34.3 Å². The zero-order valence-corrected chi connectivity index (χ0v) is 14.5. The molecule has 7 heteroatoms. The van der Waals surface area contributed by atoms with Crippen LogP contribution in [0.4, 0.5) is 5.69 Å². The highest BCUT2D eigenvalue weighted by molar-refractivity contribution is 6.02. The van der Waals surface area contributed by atoms with Crippen LogP contribution in [-0.2, 0) is 22.6 Å². The van der Waals surface area contributed by atoms with E-state index >= 15 is 0 Å². The SMILES string of the molecule is O=C(CCC(=O)c1ccc2c(c1)CC(=O)N2)NCc1ccc2c(c1)OCO2. The molecule has 0 saturated heterocycles. The summed E-state index contributed by atoms with van der Waals surface area (Å²) in [5.74, 6) is 0.982. The van der Waals surface area contributed by atoms with E-state index in [2.05, 4.69) is 10.6 Å². The summed E-state index contributed by atoms with van der Waals surface area (Å²) in [6.45, 7) is 0.566. The third kappa shape index (κ3) is 3.76. The van der Waals surface area contributed by atoms with E-state index in [9.17, 15) is 14.4 Å². The highest BCUT2D eigenvalue weighted by Gasteiger charge is 2.19. The van der Waals surface area contributed by atoms with Gasteiger partial charge in [-0.05, 0) is 41.5 Å². The first-order chi connectivity index (χ1) is 13.1. The fourth-order valence-corrected chi connectivity index (χ4v) is 3.11. The van der Waals surface area contributed by atoms with E-state index in [1.807, 2.05) is 12.1 Å². The highest BCUT2D eigenvalue weighted by Crippen LogP contribution is 2.32. The smallest absolute Gasteiger partial charge is 0.231 e. The van der Waals surface area contributed by atoms with E-state index in [1.165, 1.54) is 0 Å². The van der Waals surface area contributed by atoms with Gasteiger partial charge >= 0.3 is 0 Å². The molecule has 0 unspecified atom stereocenters. The molecule has 7 nitrogen and oxygen atoms in total. The molecule has 138 valence electrons. The lowest BCUT2D eigenvalue weighted by Gasteiger charge is -2.07. The molecule has 0 spiro atoms. The molecule has 27 heavy (non-hydrogen) atoms. The van der Waals surface area contributed by atoms with Crippen LogP contribution in [0.15, 0.2) is 36.4 Å². The van der Waals surface area contributed by atoms with Crippen molar-refractivity contribution in [3.05, 3.63) is 53.1 Å². The van der Waals surface area contributed by atoms with Crippen molar-refractivity contribution in [2.24, 2.45) is 0 Å². The van der Waals surface area contributed by atoms with E-state index in [0.717, 1.165) is 16.8 Å². The van der Waals surface area contributed by atoms with Crippen molar-refractivity contribution in [1.29, 1.82) is 0 Å². The molecule has 2 aromatic carbocycles. The Morgan fingerprint density at radius 3 is 2.78 bits per heavy atom. The zero-order chi connectivity index (χ0) is 18.8. The van der Waals surface area contributed by atoms with Gasteiger partial charge in [-0.25, -0.2) is 0 Å². The summed E-state index contributed by atoms with van der Waals surface area (Å²) in [7, 11) is 0. The molecule has 0 atom stereocenters. The Hall–Kier alpha value is -3.35. The summed E-state index contributed by atoms with van der Waals surface area (Å²) >= 11 is 0. The number of anilines is 1. The van der Waals surface area contributed by atoms with Crippen molar-refractivity contribution in [2.45, 2.75) is 25.8 Å². The quantitative estimate of drug-likeness (QED) is 0.765. The molecule has 0 saturated carbocycles. The molecule has 4 rings (SSSR count). The second kappa shape index (κ2) is 7.11. The number of ketones is 1. The fourth-order valence-electron chi connectivity index (χ4n) is 3.11. The summed E-state index contributed by atoms with van der Waals surface area (Å²) in [6, 6.07) is 10.6. The summed E-state index contributed by atoms with van der Waals surface area (Å²) in [4.78, 5) is 35.7. The second-order valence-corrected chi connectivity index (χ2v) is 6.48. The van der Waals surface area contributed by atoms with Crippen molar-refractivity contribution in [1.82, 2.24) is 5.32 Å². The molecule has 0 fully saturated rings. The Bertz CT molecular complexity index is 938. The number of rotatable bonds is 6. The lowest BCUT2D eigenvalue weighted by atomic mass is 10.0. The lowest BCUT2D eigenvalue weighted by molar-refractivity contribution is -0.121. The first kappa shape index (κ1) is 17.1. The Morgan fingerprint density at radius 2 is 1.89 bits per heavy atom. The van der Waals surface area contributed by atoms with E-state index in [4.69, 9.17) is 9.47 Å². The molecule has 2 aromatic rings. The normalized spacial score (nSPS) is 13.9. The first-order valence-electron chi connectivity index (χ1n) is 8.70. The third-order valence-corrected chi connectivity index (χ3v) is 4.56. The number of nitrogens with one attached hydrogen (secondary N) is 2. The minimum atomic E-state index is -0.195. The molecule has 0 aliphatic carbocycles. The van der Waals surface area contributed by atoms with Crippen LogP contribution in [0.3, 0.4) is 0 Å². The third-order valence-electron chi connectivity index (χ3n) is 4.56. The Morgan fingerprint density at radius 1 is 1.04 bits per heavy atom. The number of carbonyl (C=O) groups excluding carboxylic acids is 3. The van der Waals surface area contributed by atoms with Gasteiger partial charge in [-0.1, -0.05) is 6.07 Å². The van der Waals surface area contributed by atoms with Crippen molar-refractivity contribution < 1.29 is 23.9 Å². The lowest BCUT2D eigenvalue weighted by Crippen LogP contribution is -2.23. The van der Waals surface area contributed by atoms with Gasteiger partial charge < -0.3 is 20.1 Å². The standard InChI is InChI=1S/C20H18N2O5/c23-16(13-2-3-15-14(8-13)9-20(25)22-15)4-6-19(24)21-10-12-1-5-17-18(7-12)27-11-26-17/h1-3,5,7-8H,4,6,9-11H2,(H,21,24)(H,22,25). The summed E-state index contributed by atoms with van der Waals surface area (Å²) in [6.07, 6.45) is 0.511. The second-order valence-electron chi connectivity index (χ2n) is 6.48. The molecule has 0 bridgehead atoms. The van der Waals surface area contributed by atoms with Crippen molar-refractivity contribution in [2.75, 3.05) is 12.1 Å². The van der Waals surface area contributed by atoms with E-state index in [1.54, 1.807) is 24.3 Å². The molecule has 2 aliphatic heterocycles. The number of carbonyl (C=O) groups is 3. The van der Waals surface area contributed by atoms with E-state index in [0.29, 0.717) is 23.6 Å². The van der Waals surface area contributed by atoms with Crippen LogP contribution >= 0.6 is 0 Å². The van der Waals surface area contributed by atoms with Gasteiger partial charge in [-0.2, -0.15) is 0 Å². The molecule has 2 heterocycles. The average molecular weight is 366 g/mol. The van der Waals surface area contributed by atoms with Crippen molar-refractivity contribution in [3.63, 3.8) is 0 Å². The summed E-state index contributed by atoms with van der Waals surface area (Å²) < 4.78 is 10.6. The number of fused-ring (bicyclic) bond motifs is 2. The van der Waals surface area contributed by atoms with Gasteiger partial charge in [0.05, 0.1) is 6.42 Å². The molecule has 2 N–H and O–H groups in total. The molecule has 2 aliphatic rings. The Labute approximate surface area is 155 Å². The average Bonchev–Trinajstić information content (AvgIpc) is 3.28. The van der Waals surface area contributed by atoms with Crippen molar-refractivity contribution in [3.8, 4) is 11.5 Å². The molecule has 0 aromatic heterocycles. The highest BCUT2D eigenvalue weighted by atomic mass is 16.7. The first-order valence-corrected chi connectivity index (χ1v) is 8.70. The van der Waals surface area contributed by atoms with Gasteiger partial charge in [0.15, 0.2) is 17.3 Å². The predicted molar refractivity (Wildman–Crippen MR) is 96.8 cm³/mol. The van der Waals surface area contributed by atoms with E-state index in [-0.39, 0.29) is 43.7 Å². The predicted octanol–water partition coefficient (Wildman–Crippen LogP) is 2.19. The number of benzene rings is 2. The number of Topliss-reactive ketones (excluding diaryl/α,β-unsaturated/α-hetero) is 1. The number of hydrogen-bond acceptors (Lipinski definition) is 5. The van der Waals surface area contributed by atoms with E-state index < -0.39 is 0 Å². The van der Waals surface area contributed by atoms with Gasteiger partial charge in [0.25, 0.3) is 0 Å². The van der Waals surface area contributed by atoms with Gasteiger partial charge in [0.2, 0.25) is 18.6 Å². The summed E-state index contributed by atoms with van der Waals surface area (Å²) in [5, 5.41) is 5.53. The number of amides is 2. The number of hydrogen-bond donors (Lipinski definition) is 2. The van der Waals surface area contributed by atoms with Gasteiger partial charge in [0.1, 0.15) is 0 Å². The van der Waals surface area contributed by atoms with Crippen LogP contribution in [0.25, 0.3) is 0 Å². The Balaban J connectivity index is 1.27. The van der Waals surface area contributed by atoms with Crippen LogP contribution in [0.2, 0.25) is 0 Å². The van der Waals surface area contributed by atoms with Crippen LogP contribution in [-0.4, -0.2) is 24.4 Å². The van der Waals surface area contributed by atoms with Crippen molar-refractivity contribution >= 4 is 23.3 Å². The molecule has 2 amide bonds. The topological polar surface area (TPSA) is 93.7 Å². The van der Waals surface area contributed by atoms with Gasteiger partial charge in [0, 0.05) is 30.6 Å². The Kier molecular flexibility index (Phi) is 4.50. The van der Waals surface area contributed by atoms with Crippen LogP contribution in [0.5, 0.6) is 11.5 Å². The van der Waals surface area contributed by atoms with Gasteiger partial charge in [-0.3, -0.25) is 14.4 Å². The monoisotopic (exact) mass is 366 g/mol. The molecular weight excluding hydrogens is 348 g/mol. The maximum atomic E-state index is 12.3. The minimum Gasteiger partial charge on any atom is -0.454 e. The summed E-state index contributed by atoms with van der Waals surface area (Å²) in [5.41, 5.74) is 2.99. The van der Waals surface area contributed by atoms with Gasteiger partial charge in [-0.15, -0.1) is 0 Å². The maximum Gasteiger partial charge on any atom is 0.231 e. The largest absolute Gasteiger partial charge is 0.454 e. The van der Waals surface area contributed by atoms with Crippen LogP contribution < -0.4 is 20.1 Å². The van der Waals surface area contributed by atoms with Crippen LogP contribution in [0, 0.1) is 0 Å². The number of ether oxygens (including phenoxy) is 2. The molecular formula is C20H18N2O5. The zero-order valence-electron chi connectivity index (χ0n) is 14.5. The fraction of sp³-hybridized carbons (Fsp3) is 0.250. The maximum absolute atomic E-state index is 12.3.